The molecule has 0 bridgehead atoms. The van der Waals surface area contributed by atoms with Crippen LogP contribution in [0.25, 0.3) is 0 Å². The van der Waals surface area contributed by atoms with E-state index in [4.69, 9.17) is 5.73 Å². The van der Waals surface area contributed by atoms with Crippen molar-refractivity contribution in [1.82, 2.24) is 15.6 Å². The van der Waals surface area contributed by atoms with E-state index in [0.717, 1.165) is 21.6 Å². The summed E-state index contributed by atoms with van der Waals surface area (Å²) in [5.74, 6) is -1.34. The lowest BCUT2D eigenvalue weighted by Crippen LogP contribution is -2.41. The zero-order valence-electron chi connectivity index (χ0n) is 17.2. The van der Waals surface area contributed by atoms with E-state index in [1.807, 2.05) is 61.5 Å². The van der Waals surface area contributed by atoms with Crippen molar-refractivity contribution in [3.05, 3.63) is 82.4 Å². The molecule has 0 spiro atoms. The van der Waals surface area contributed by atoms with Crippen LogP contribution < -0.4 is 16.4 Å². The number of benzene rings is 2. The van der Waals surface area contributed by atoms with Crippen molar-refractivity contribution in [3.8, 4) is 0 Å². The molecule has 31 heavy (non-hydrogen) atoms. The summed E-state index contributed by atoms with van der Waals surface area (Å²) in [5.41, 5.74) is 8.31. The first-order valence-corrected chi connectivity index (χ1v) is 10.8. The Bertz CT molecular complexity index is 1020. The first kappa shape index (κ1) is 22.5. The van der Waals surface area contributed by atoms with Gasteiger partial charge in [0.05, 0.1) is 12.5 Å². The summed E-state index contributed by atoms with van der Waals surface area (Å²) in [7, 11) is 0. The van der Waals surface area contributed by atoms with Gasteiger partial charge in [0.15, 0.2) is 5.13 Å². The lowest BCUT2D eigenvalue weighted by Gasteiger charge is -2.19. The Morgan fingerprint density at radius 2 is 1.87 bits per heavy atom. The molecule has 1 heterocycles. The number of aromatic nitrogens is 1. The standard InChI is InChI=1S/C23H26N4O3S/c1-15-6-5-9-17(10-15)19(21(29)25-12-18-13-27-23(24)31-18)14-26-22(30)20(28)11-16-7-3-2-4-8-16/h2-10,13,19-20,28H,11-12,14H2,1H3,(H2,24,27)(H,25,29)(H,26,30)/t19-,20+/m0/s1. The third-order valence-corrected chi connectivity index (χ3v) is 5.65. The lowest BCUT2D eigenvalue weighted by molar-refractivity contribution is -0.129. The number of anilines is 1. The minimum Gasteiger partial charge on any atom is -0.383 e. The number of rotatable bonds is 9. The van der Waals surface area contributed by atoms with Crippen LogP contribution in [0.3, 0.4) is 0 Å². The highest BCUT2D eigenvalue weighted by molar-refractivity contribution is 7.15. The van der Waals surface area contributed by atoms with Crippen LogP contribution in [0.1, 0.15) is 27.5 Å². The molecule has 0 saturated carbocycles. The molecule has 5 N–H and O–H groups in total. The Morgan fingerprint density at radius 1 is 1.10 bits per heavy atom. The number of carbonyl (C=O) groups is 2. The Hall–Kier alpha value is -3.23. The van der Waals surface area contributed by atoms with Crippen molar-refractivity contribution in [2.75, 3.05) is 12.3 Å². The molecule has 0 aliphatic carbocycles. The minimum atomic E-state index is -1.19. The highest BCUT2D eigenvalue weighted by Crippen LogP contribution is 2.19. The van der Waals surface area contributed by atoms with Crippen LogP contribution >= 0.6 is 11.3 Å². The predicted molar refractivity (Wildman–Crippen MR) is 121 cm³/mol. The highest BCUT2D eigenvalue weighted by Gasteiger charge is 2.23. The van der Waals surface area contributed by atoms with Gasteiger partial charge in [-0.05, 0) is 18.1 Å². The number of nitrogens with zero attached hydrogens (tertiary/aromatic N) is 1. The molecule has 2 atom stereocenters. The summed E-state index contributed by atoms with van der Waals surface area (Å²) in [4.78, 5) is 30.2. The van der Waals surface area contributed by atoms with Crippen LogP contribution in [0.5, 0.6) is 0 Å². The van der Waals surface area contributed by atoms with E-state index in [9.17, 15) is 14.7 Å². The second kappa shape index (κ2) is 10.7. The number of aliphatic hydroxyl groups excluding tert-OH is 1. The number of aliphatic hydroxyl groups is 1. The van der Waals surface area contributed by atoms with E-state index in [-0.39, 0.29) is 18.9 Å². The second-order valence-corrected chi connectivity index (χ2v) is 8.45. The van der Waals surface area contributed by atoms with Gasteiger partial charge in [-0.15, -0.1) is 11.3 Å². The predicted octanol–water partition coefficient (Wildman–Crippen LogP) is 2.15. The third kappa shape index (κ3) is 6.63. The first-order chi connectivity index (χ1) is 14.9. The Labute approximate surface area is 185 Å². The molecule has 1 aromatic heterocycles. The number of thiazole rings is 1. The fourth-order valence-corrected chi connectivity index (χ4v) is 3.82. The van der Waals surface area contributed by atoms with Gasteiger partial charge in [0, 0.05) is 24.0 Å². The second-order valence-electron chi connectivity index (χ2n) is 7.30. The highest BCUT2D eigenvalue weighted by atomic mass is 32.1. The number of carbonyl (C=O) groups excluding carboxylic acids is 2. The van der Waals surface area contributed by atoms with Gasteiger partial charge in [-0.1, -0.05) is 60.2 Å². The largest absolute Gasteiger partial charge is 0.383 e. The van der Waals surface area contributed by atoms with E-state index < -0.39 is 17.9 Å². The van der Waals surface area contributed by atoms with Gasteiger partial charge < -0.3 is 21.5 Å². The van der Waals surface area contributed by atoms with Gasteiger partial charge in [0.25, 0.3) is 0 Å². The van der Waals surface area contributed by atoms with E-state index in [1.54, 1.807) is 6.20 Å². The SMILES string of the molecule is Cc1cccc([C@H](CNC(=O)[C@H](O)Cc2ccccc2)C(=O)NCc2cnc(N)s2)c1. The number of nitrogens with two attached hydrogens (primary N) is 1. The van der Waals surface area contributed by atoms with Crippen LogP contribution in [0, 0.1) is 6.92 Å². The molecule has 0 aliphatic rings. The van der Waals surface area contributed by atoms with Gasteiger partial charge in [-0.3, -0.25) is 9.59 Å². The van der Waals surface area contributed by atoms with Gasteiger partial charge in [0.1, 0.15) is 6.10 Å². The molecule has 8 heteroatoms. The molecule has 0 aliphatic heterocycles. The van der Waals surface area contributed by atoms with E-state index in [2.05, 4.69) is 15.6 Å². The van der Waals surface area contributed by atoms with E-state index >= 15 is 0 Å². The summed E-state index contributed by atoms with van der Waals surface area (Å²) in [6, 6.07) is 16.9. The average molecular weight is 439 g/mol. The fourth-order valence-electron chi connectivity index (χ4n) is 3.20. The Morgan fingerprint density at radius 3 is 2.55 bits per heavy atom. The van der Waals surface area contributed by atoms with Crippen LogP contribution in [-0.2, 0) is 22.6 Å². The van der Waals surface area contributed by atoms with Crippen molar-refractivity contribution >= 4 is 28.3 Å². The number of amides is 2. The fraction of sp³-hybridized carbons (Fsp3) is 0.261. The molecule has 0 unspecified atom stereocenters. The molecule has 0 fully saturated rings. The molecule has 0 saturated heterocycles. The number of nitrogens with one attached hydrogen (secondary N) is 2. The maximum Gasteiger partial charge on any atom is 0.249 e. The number of aryl methyl sites for hydroxylation is 1. The summed E-state index contributed by atoms with van der Waals surface area (Å²) in [5, 5.41) is 16.3. The van der Waals surface area contributed by atoms with Crippen LogP contribution in [-0.4, -0.2) is 34.6 Å². The average Bonchev–Trinajstić information content (AvgIpc) is 3.18. The topological polar surface area (TPSA) is 117 Å². The molecule has 2 amide bonds. The number of nitrogen functional groups attached to an aromatic ring is 1. The quantitative estimate of drug-likeness (QED) is 0.408. The van der Waals surface area contributed by atoms with Gasteiger partial charge in [0.2, 0.25) is 11.8 Å². The molecule has 162 valence electrons. The van der Waals surface area contributed by atoms with Crippen LogP contribution in [0.2, 0.25) is 0 Å². The van der Waals surface area contributed by atoms with E-state index in [0.29, 0.717) is 11.7 Å². The maximum atomic E-state index is 12.9. The normalized spacial score (nSPS) is 12.7. The molecule has 0 radical (unpaired) electrons. The summed E-state index contributed by atoms with van der Waals surface area (Å²) in [6.45, 7) is 2.33. The van der Waals surface area contributed by atoms with Gasteiger partial charge >= 0.3 is 0 Å². The molecule has 3 rings (SSSR count). The first-order valence-electron chi connectivity index (χ1n) is 9.96. The van der Waals surface area contributed by atoms with Gasteiger partial charge in [-0.2, -0.15) is 0 Å². The molecule has 7 nitrogen and oxygen atoms in total. The van der Waals surface area contributed by atoms with Crippen molar-refractivity contribution in [3.63, 3.8) is 0 Å². The summed E-state index contributed by atoms with van der Waals surface area (Å²) in [6.07, 6.45) is 0.647. The summed E-state index contributed by atoms with van der Waals surface area (Å²) < 4.78 is 0. The zero-order valence-corrected chi connectivity index (χ0v) is 18.1. The Kier molecular flexibility index (Phi) is 7.75. The van der Waals surface area contributed by atoms with Crippen molar-refractivity contribution in [1.29, 1.82) is 0 Å². The minimum absolute atomic E-state index is 0.0742. The van der Waals surface area contributed by atoms with Crippen LogP contribution in [0.4, 0.5) is 5.13 Å². The third-order valence-electron chi connectivity index (χ3n) is 4.82. The lowest BCUT2D eigenvalue weighted by atomic mass is 9.96. The van der Waals surface area contributed by atoms with Gasteiger partial charge in [-0.25, -0.2) is 4.98 Å². The zero-order chi connectivity index (χ0) is 22.2. The maximum absolute atomic E-state index is 12.9. The number of hydrogen-bond donors (Lipinski definition) is 4. The van der Waals surface area contributed by atoms with Crippen LogP contribution in [0.15, 0.2) is 60.8 Å². The monoisotopic (exact) mass is 438 g/mol. The van der Waals surface area contributed by atoms with Crippen molar-refractivity contribution in [2.24, 2.45) is 0 Å². The Balaban J connectivity index is 1.64. The smallest absolute Gasteiger partial charge is 0.249 e. The molecular formula is C23H26N4O3S. The molecule has 2 aromatic carbocycles. The van der Waals surface area contributed by atoms with Crippen molar-refractivity contribution < 1.29 is 14.7 Å². The molecule has 3 aromatic rings. The summed E-state index contributed by atoms with van der Waals surface area (Å²) >= 11 is 1.31. The number of hydrogen-bond acceptors (Lipinski definition) is 6. The van der Waals surface area contributed by atoms with Crippen molar-refractivity contribution in [2.45, 2.75) is 31.9 Å². The molecular weight excluding hydrogens is 412 g/mol. The van der Waals surface area contributed by atoms with E-state index in [1.165, 1.54) is 11.3 Å².